The number of carbonyl (C=O) groups excluding carboxylic acids is 2. The second-order valence-electron chi connectivity index (χ2n) is 8.01. The van der Waals surface area contributed by atoms with Gasteiger partial charge in [-0.15, -0.1) is 0 Å². The maximum absolute atomic E-state index is 13.2. The van der Waals surface area contributed by atoms with Crippen LogP contribution in [0.5, 0.6) is 5.75 Å². The van der Waals surface area contributed by atoms with E-state index in [2.05, 4.69) is 20.9 Å². The molecule has 3 N–H and O–H groups in total. The summed E-state index contributed by atoms with van der Waals surface area (Å²) in [5, 5.41) is 9.02. The van der Waals surface area contributed by atoms with Crippen LogP contribution in [0.4, 0.5) is 5.69 Å². The predicted molar refractivity (Wildman–Crippen MR) is 125 cm³/mol. The molecule has 4 rings (SSSR count). The molecule has 0 radical (unpaired) electrons. The molecule has 1 fully saturated rings. The highest BCUT2D eigenvalue weighted by molar-refractivity contribution is 5.98. The van der Waals surface area contributed by atoms with Gasteiger partial charge in [0.1, 0.15) is 5.75 Å². The van der Waals surface area contributed by atoms with Gasteiger partial charge in [-0.25, -0.2) is 4.98 Å². The molecule has 33 heavy (non-hydrogen) atoms. The number of hydrogen-bond donors (Lipinski definition) is 3. The van der Waals surface area contributed by atoms with Gasteiger partial charge >= 0.3 is 0 Å². The zero-order valence-electron chi connectivity index (χ0n) is 18.8. The fourth-order valence-corrected chi connectivity index (χ4v) is 3.95. The van der Waals surface area contributed by atoms with E-state index >= 15 is 0 Å². The molecule has 1 aromatic heterocycles. The van der Waals surface area contributed by atoms with E-state index < -0.39 is 0 Å². The van der Waals surface area contributed by atoms with E-state index in [9.17, 15) is 9.59 Å². The smallest absolute Gasteiger partial charge is 0.274 e. The summed E-state index contributed by atoms with van der Waals surface area (Å²) in [6.07, 6.45) is 1.81. The number of amides is 2. The van der Waals surface area contributed by atoms with Gasteiger partial charge in [0.05, 0.1) is 7.11 Å². The van der Waals surface area contributed by atoms with Crippen LogP contribution in [0.1, 0.15) is 47.6 Å². The Bertz CT molecular complexity index is 1120. The Kier molecular flexibility index (Phi) is 7.04. The largest absolute Gasteiger partial charge is 0.496 e. The van der Waals surface area contributed by atoms with Crippen molar-refractivity contribution >= 4 is 17.5 Å². The first-order valence-electron chi connectivity index (χ1n) is 11.0. The zero-order chi connectivity index (χ0) is 23.2. The van der Waals surface area contributed by atoms with Gasteiger partial charge in [-0.05, 0) is 56.3 Å². The molecule has 0 saturated carbocycles. The molecule has 3 aromatic rings. The summed E-state index contributed by atoms with van der Waals surface area (Å²) < 4.78 is 11.5. The molecule has 0 spiro atoms. The van der Waals surface area contributed by atoms with E-state index in [1.807, 2.05) is 36.4 Å². The van der Waals surface area contributed by atoms with Gasteiger partial charge in [-0.1, -0.05) is 18.2 Å². The predicted octanol–water partition coefficient (Wildman–Crippen LogP) is 3.71. The molecule has 2 aromatic carbocycles. The number of oxazole rings is 1. The van der Waals surface area contributed by atoms with Crippen LogP contribution < -0.4 is 20.7 Å². The number of aromatic nitrogens is 1. The number of hydrogen-bond acceptors (Lipinski definition) is 6. The van der Waals surface area contributed by atoms with Gasteiger partial charge in [0.25, 0.3) is 5.91 Å². The minimum atomic E-state index is -0.314. The number of nitrogens with one attached hydrogen (secondary N) is 3. The van der Waals surface area contributed by atoms with Gasteiger partial charge in [-0.2, -0.15) is 0 Å². The van der Waals surface area contributed by atoms with E-state index in [-0.39, 0.29) is 23.4 Å². The van der Waals surface area contributed by atoms with E-state index in [1.54, 1.807) is 19.2 Å². The fourth-order valence-electron chi connectivity index (χ4n) is 3.95. The molecule has 172 valence electrons. The molecule has 8 nitrogen and oxygen atoms in total. The van der Waals surface area contributed by atoms with Crippen molar-refractivity contribution in [3.05, 3.63) is 65.7 Å². The third-order valence-corrected chi connectivity index (χ3v) is 5.65. The molecule has 8 heteroatoms. The number of ether oxygens (including phenoxy) is 1. The molecule has 0 atom stereocenters. The van der Waals surface area contributed by atoms with Gasteiger partial charge in [-0.3, -0.25) is 9.59 Å². The minimum Gasteiger partial charge on any atom is -0.496 e. The SMILES string of the molecule is COc1ccccc1CNC(=O)c1nc(C2CCNCC2)oc1-c1ccc(NC(C)=O)cc1. The highest BCUT2D eigenvalue weighted by atomic mass is 16.5. The molecule has 2 amide bonds. The zero-order valence-corrected chi connectivity index (χ0v) is 18.8. The number of piperidine rings is 1. The lowest BCUT2D eigenvalue weighted by Gasteiger charge is -2.19. The average molecular weight is 449 g/mol. The maximum Gasteiger partial charge on any atom is 0.274 e. The number of benzene rings is 2. The lowest BCUT2D eigenvalue weighted by Crippen LogP contribution is -2.27. The summed E-state index contributed by atoms with van der Waals surface area (Å²) in [6.45, 7) is 3.55. The van der Waals surface area contributed by atoms with Crippen LogP contribution in [-0.2, 0) is 11.3 Å². The summed E-state index contributed by atoms with van der Waals surface area (Å²) >= 11 is 0. The first-order chi connectivity index (χ1) is 16.0. The standard InChI is InChI=1S/C25H28N4O4/c1-16(30)28-20-9-7-17(8-10-20)23-22(29-25(33-23)18-11-13-26-14-12-18)24(31)27-15-19-5-3-4-6-21(19)32-2/h3-10,18,26H,11-15H2,1-2H3,(H,27,31)(H,28,30). The molecule has 1 aliphatic heterocycles. The van der Waals surface area contributed by atoms with E-state index in [0.29, 0.717) is 29.6 Å². The van der Waals surface area contributed by atoms with E-state index in [1.165, 1.54) is 6.92 Å². The number of anilines is 1. The van der Waals surface area contributed by atoms with Crippen LogP contribution in [0.25, 0.3) is 11.3 Å². The summed E-state index contributed by atoms with van der Waals surface area (Å²) in [4.78, 5) is 29.1. The fraction of sp³-hybridized carbons (Fsp3) is 0.320. The van der Waals surface area contributed by atoms with Gasteiger partial charge in [0, 0.05) is 36.2 Å². The Hall–Kier alpha value is -3.65. The van der Waals surface area contributed by atoms with Crippen molar-refractivity contribution in [2.75, 3.05) is 25.5 Å². The summed E-state index contributed by atoms with van der Waals surface area (Å²) in [6, 6.07) is 14.7. The minimum absolute atomic E-state index is 0.146. The maximum atomic E-state index is 13.2. The first kappa shape index (κ1) is 22.5. The summed E-state index contributed by atoms with van der Waals surface area (Å²) in [7, 11) is 1.60. The third-order valence-electron chi connectivity index (χ3n) is 5.65. The third kappa shape index (κ3) is 5.40. The van der Waals surface area contributed by atoms with E-state index in [0.717, 1.165) is 37.1 Å². The van der Waals surface area contributed by atoms with Crippen molar-refractivity contribution in [3.8, 4) is 17.1 Å². The van der Waals surface area contributed by atoms with Crippen LogP contribution in [0.3, 0.4) is 0 Å². The topological polar surface area (TPSA) is 105 Å². The highest BCUT2D eigenvalue weighted by Crippen LogP contribution is 2.32. The second kappa shape index (κ2) is 10.3. The molecule has 1 aliphatic rings. The number of carbonyl (C=O) groups is 2. The van der Waals surface area contributed by atoms with Crippen molar-refractivity contribution in [2.24, 2.45) is 0 Å². The van der Waals surface area contributed by atoms with Crippen LogP contribution in [-0.4, -0.2) is 37.0 Å². The molecular weight excluding hydrogens is 420 g/mol. The monoisotopic (exact) mass is 448 g/mol. The number of methoxy groups -OCH3 is 1. The highest BCUT2D eigenvalue weighted by Gasteiger charge is 2.27. The Labute approximate surface area is 192 Å². The molecule has 1 saturated heterocycles. The average Bonchev–Trinajstić information content (AvgIpc) is 3.29. The number of para-hydroxylation sites is 1. The van der Waals surface area contributed by atoms with Gasteiger partial charge < -0.3 is 25.1 Å². The van der Waals surface area contributed by atoms with Crippen LogP contribution >= 0.6 is 0 Å². The lowest BCUT2D eigenvalue weighted by molar-refractivity contribution is -0.114. The Balaban J connectivity index is 1.61. The van der Waals surface area contributed by atoms with Gasteiger partial charge in [0.2, 0.25) is 5.91 Å². The molecule has 0 aliphatic carbocycles. The Morgan fingerprint density at radius 3 is 2.55 bits per heavy atom. The van der Waals surface area contributed by atoms with Gasteiger partial charge in [0.15, 0.2) is 17.3 Å². The molecule has 0 unspecified atom stereocenters. The van der Waals surface area contributed by atoms with Crippen molar-refractivity contribution in [1.29, 1.82) is 0 Å². The number of nitrogens with zero attached hydrogens (tertiary/aromatic N) is 1. The Morgan fingerprint density at radius 2 is 1.85 bits per heavy atom. The molecule has 2 heterocycles. The molecular formula is C25H28N4O4. The van der Waals surface area contributed by atoms with E-state index in [4.69, 9.17) is 9.15 Å². The molecule has 0 bridgehead atoms. The second-order valence-corrected chi connectivity index (χ2v) is 8.01. The van der Waals surface area contributed by atoms with Crippen LogP contribution in [0.2, 0.25) is 0 Å². The summed E-state index contributed by atoms with van der Waals surface area (Å²) in [5.74, 6) is 1.43. The van der Waals surface area contributed by atoms with Crippen molar-refractivity contribution in [1.82, 2.24) is 15.6 Å². The van der Waals surface area contributed by atoms with Crippen LogP contribution in [0.15, 0.2) is 52.9 Å². The number of rotatable bonds is 7. The Morgan fingerprint density at radius 1 is 1.12 bits per heavy atom. The quantitative estimate of drug-likeness (QED) is 0.509. The lowest BCUT2D eigenvalue weighted by atomic mass is 9.98. The van der Waals surface area contributed by atoms with Crippen molar-refractivity contribution in [2.45, 2.75) is 32.2 Å². The first-order valence-corrected chi connectivity index (χ1v) is 11.0. The van der Waals surface area contributed by atoms with Crippen molar-refractivity contribution in [3.63, 3.8) is 0 Å². The summed E-state index contributed by atoms with van der Waals surface area (Å²) in [5.41, 5.74) is 2.52. The van der Waals surface area contributed by atoms with Crippen molar-refractivity contribution < 1.29 is 18.7 Å². The van der Waals surface area contributed by atoms with Crippen LogP contribution in [0, 0.1) is 0 Å². The normalized spacial score (nSPS) is 14.0.